The summed E-state index contributed by atoms with van der Waals surface area (Å²) in [5.41, 5.74) is 0. The maximum Gasteiger partial charge on any atom is 0.133 e. The summed E-state index contributed by atoms with van der Waals surface area (Å²) < 4.78 is 0. The van der Waals surface area contributed by atoms with Crippen LogP contribution in [-0.2, 0) is 9.59 Å². The zero-order valence-electron chi connectivity index (χ0n) is 20.0. The molecule has 0 aliphatic rings. The van der Waals surface area contributed by atoms with Crippen molar-refractivity contribution in [3.63, 3.8) is 0 Å². The average molecular weight is 409 g/mol. The van der Waals surface area contributed by atoms with E-state index in [1.807, 2.05) is 0 Å². The fraction of sp³-hybridized carbons (Fsp3) is 0.926. The van der Waals surface area contributed by atoms with Crippen LogP contribution >= 0.6 is 0 Å². The number of rotatable bonds is 24. The van der Waals surface area contributed by atoms with Crippen LogP contribution in [0.15, 0.2) is 0 Å². The van der Waals surface area contributed by atoms with Gasteiger partial charge in [0.2, 0.25) is 0 Å². The van der Waals surface area contributed by atoms with Crippen LogP contribution in [0, 0.1) is 5.92 Å². The van der Waals surface area contributed by atoms with E-state index in [1.54, 1.807) is 0 Å². The van der Waals surface area contributed by atoms with Crippen LogP contribution < -0.4 is 0 Å². The summed E-state index contributed by atoms with van der Waals surface area (Å²) in [4.78, 5) is 23.3. The van der Waals surface area contributed by atoms with Crippen LogP contribution in [0.2, 0.25) is 0 Å². The molecule has 1 atom stereocenters. The molecule has 2 heteroatoms. The molecular formula is C27H52O2. The minimum atomic E-state index is 0.295. The predicted octanol–water partition coefficient (Wildman–Crippen LogP) is 8.99. The largest absolute Gasteiger partial charge is 0.303 e. The van der Waals surface area contributed by atoms with Crippen molar-refractivity contribution in [2.75, 3.05) is 0 Å². The summed E-state index contributed by atoms with van der Waals surface area (Å²) >= 11 is 0. The Morgan fingerprint density at radius 3 is 1.48 bits per heavy atom. The lowest BCUT2D eigenvalue weighted by molar-refractivity contribution is -0.120. The first kappa shape index (κ1) is 28.3. The molecule has 2 nitrogen and oxygen atoms in total. The topological polar surface area (TPSA) is 34.1 Å². The van der Waals surface area contributed by atoms with E-state index in [-0.39, 0.29) is 0 Å². The predicted molar refractivity (Wildman–Crippen MR) is 127 cm³/mol. The van der Waals surface area contributed by atoms with Crippen molar-refractivity contribution < 1.29 is 9.59 Å². The zero-order chi connectivity index (χ0) is 21.4. The molecule has 0 aromatic carbocycles. The summed E-state index contributed by atoms with van der Waals surface area (Å²) in [5.74, 6) is 0.679. The quantitative estimate of drug-likeness (QED) is 0.118. The van der Waals surface area contributed by atoms with Crippen molar-refractivity contribution in [3.8, 4) is 0 Å². The maximum absolute atomic E-state index is 12.3. The number of Topliss-reactive ketones (excluding diaryl/α,β-unsaturated/α-hetero) is 1. The molecule has 0 fully saturated rings. The summed E-state index contributed by atoms with van der Waals surface area (Å²) in [6.45, 7) is 4.52. The monoisotopic (exact) mass is 408 g/mol. The molecule has 0 aliphatic carbocycles. The van der Waals surface area contributed by atoms with Gasteiger partial charge >= 0.3 is 0 Å². The number of carbonyl (C=O) groups is 2. The number of unbranched alkanes of at least 4 members (excludes halogenated alkanes) is 16. The second kappa shape index (κ2) is 23.6. The molecule has 0 rings (SSSR count). The van der Waals surface area contributed by atoms with E-state index in [4.69, 9.17) is 0 Å². The van der Waals surface area contributed by atoms with Gasteiger partial charge in [-0.15, -0.1) is 0 Å². The fourth-order valence-electron chi connectivity index (χ4n) is 4.24. The molecule has 29 heavy (non-hydrogen) atoms. The van der Waals surface area contributed by atoms with Crippen LogP contribution in [0.1, 0.15) is 155 Å². The Labute approximate surface area is 183 Å². The molecule has 0 saturated carbocycles. The van der Waals surface area contributed by atoms with E-state index in [2.05, 4.69) is 13.8 Å². The van der Waals surface area contributed by atoms with Gasteiger partial charge in [0.1, 0.15) is 12.1 Å². The highest BCUT2D eigenvalue weighted by molar-refractivity contribution is 5.78. The Morgan fingerprint density at radius 1 is 0.621 bits per heavy atom. The zero-order valence-corrected chi connectivity index (χ0v) is 20.0. The van der Waals surface area contributed by atoms with Crippen molar-refractivity contribution in [3.05, 3.63) is 0 Å². The van der Waals surface area contributed by atoms with Gasteiger partial charge in [0.05, 0.1) is 0 Å². The molecule has 0 spiro atoms. The van der Waals surface area contributed by atoms with Gasteiger partial charge in [-0.25, -0.2) is 0 Å². The summed E-state index contributed by atoms with van der Waals surface area (Å²) in [6.07, 6.45) is 27.6. The van der Waals surface area contributed by atoms with E-state index in [0.29, 0.717) is 24.5 Å². The lowest BCUT2D eigenvalue weighted by Gasteiger charge is -2.13. The molecule has 0 bridgehead atoms. The number of aldehydes is 1. The van der Waals surface area contributed by atoms with Crippen molar-refractivity contribution in [2.45, 2.75) is 155 Å². The van der Waals surface area contributed by atoms with Gasteiger partial charge in [0, 0.05) is 19.3 Å². The first-order valence-electron chi connectivity index (χ1n) is 13.2. The molecular weight excluding hydrogens is 356 g/mol. The number of hydrogen-bond donors (Lipinski definition) is 0. The maximum atomic E-state index is 12.3. The van der Waals surface area contributed by atoms with Crippen LogP contribution in [0.4, 0.5) is 0 Å². The van der Waals surface area contributed by atoms with E-state index in [9.17, 15) is 9.59 Å². The van der Waals surface area contributed by atoms with Crippen LogP contribution in [-0.4, -0.2) is 12.1 Å². The SMILES string of the molecule is CCCCCCCCCCCC(=O)C[C@@H](CC=O)CCCCCCCCCCC. The summed E-state index contributed by atoms with van der Waals surface area (Å²) in [7, 11) is 0. The van der Waals surface area contributed by atoms with E-state index in [1.165, 1.54) is 109 Å². The fourth-order valence-corrected chi connectivity index (χ4v) is 4.24. The molecule has 0 aromatic rings. The molecule has 0 amide bonds. The normalized spacial score (nSPS) is 12.2. The van der Waals surface area contributed by atoms with Crippen molar-refractivity contribution in [1.82, 2.24) is 0 Å². The molecule has 0 aromatic heterocycles. The third-order valence-corrected chi connectivity index (χ3v) is 6.22. The number of ketones is 1. The first-order valence-corrected chi connectivity index (χ1v) is 13.2. The van der Waals surface area contributed by atoms with E-state index < -0.39 is 0 Å². The van der Waals surface area contributed by atoms with Gasteiger partial charge in [0.15, 0.2) is 0 Å². The highest BCUT2D eigenvalue weighted by Gasteiger charge is 2.13. The first-order chi connectivity index (χ1) is 14.2. The van der Waals surface area contributed by atoms with Crippen LogP contribution in [0.25, 0.3) is 0 Å². The minimum absolute atomic E-state index is 0.295. The third kappa shape index (κ3) is 21.9. The van der Waals surface area contributed by atoms with Gasteiger partial charge in [0.25, 0.3) is 0 Å². The van der Waals surface area contributed by atoms with Gasteiger partial charge in [-0.05, 0) is 18.8 Å². The average Bonchev–Trinajstić information content (AvgIpc) is 2.71. The van der Waals surface area contributed by atoms with Crippen molar-refractivity contribution in [2.24, 2.45) is 5.92 Å². The van der Waals surface area contributed by atoms with Crippen LogP contribution in [0.3, 0.4) is 0 Å². The smallest absolute Gasteiger partial charge is 0.133 e. The number of carbonyl (C=O) groups excluding carboxylic acids is 2. The molecule has 172 valence electrons. The summed E-state index contributed by atoms with van der Waals surface area (Å²) in [6, 6.07) is 0. The van der Waals surface area contributed by atoms with E-state index >= 15 is 0 Å². The second-order valence-electron chi connectivity index (χ2n) is 9.21. The van der Waals surface area contributed by atoms with Gasteiger partial charge in [-0.3, -0.25) is 4.79 Å². The van der Waals surface area contributed by atoms with Gasteiger partial charge < -0.3 is 4.79 Å². The Morgan fingerprint density at radius 2 is 1.03 bits per heavy atom. The third-order valence-electron chi connectivity index (χ3n) is 6.22. The van der Waals surface area contributed by atoms with Crippen molar-refractivity contribution >= 4 is 12.1 Å². The van der Waals surface area contributed by atoms with Crippen LogP contribution in [0.5, 0.6) is 0 Å². The molecule has 0 aliphatic heterocycles. The van der Waals surface area contributed by atoms with Gasteiger partial charge in [-0.1, -0.05) is 123 Å². The molecule has 0 radical (unpaired) electrons. The molecule has 0 heterocycles. The highest BCUT2D eigenvalue weighted by Crippen LogP contribution is 2.20. The van der Waals surface area contributed by atoms with Gasteiger partial charge in [-0.2, -0.15) is 0 Å². The Bertz CT molecular complexity index is 350. The van der Waals surface area contributed by atoms with Crippen molar-refractivity contribution in [1.29, 1.82) is 0 Å². The molecule has 0 N–H and O–H groups in total. The Kier molecular flexibility index (Phi) is 23.1. The summed E-state index contributed by atoms with van der Waals surface area (Å²) in [5, 5.41) is 0. The Balaban J connectivity index is 3.62. The lowest BCUT2D eigenvalue weighted by atomic mass is 9.91. The number of hydrogen-bond acceptors (Lipinski definition) is 2. The molecule has 0 unspecified atom stereocenters. The Hall–Kier alpha value is -0.660. The highest BCUT2D eigenvalue weighted by atomic mass is 16.1. The van der Waals surface area contributed by atoms with E-state index in [0.717, 1.165) is 25.5 Å². The standard InChI is InChI=1S/C27H52O2/c1-3-5-7-9-11-13-15-17-19-21-26(23-24-28)25-27(29)22-20-18-16-14-12-10-8-6-4-2/h24,26H,3-23,25H2,1-2H3/t26-/m1/s1. The minimum Gasteiger partial charge on any atom is -0.303 e. The second-order valence-corrected chi connectivity index (χ2v) is 9.21. The lowest BCUT2D eigenvalue weighted by Crippen LogP contribution is -2.09. The molecule has 0 saturated heterocycles.